The lowest BCUT2D eigenvalue weighted by Gasteiger charge is -2.07. The summed E-state index contributed by atoms with van der Waals surface area (Å²) < 4.78 is 5.37. The summed E-state index contributed by atoms with van der Waals surface area (Å²) in [5.41, 5.74) is 2.01. The van der Waals surface area contributed by atoms with Crippen molar-refractivity contribution in [3.8, 4) is 5.75 Å². The fourth-order valence-corrected chi connectivity index (χ4v) is 1.95. The third-order valence-electron chi connectivity index (χ3n) is 3.45. The highest BCUT2D eigenvalue weighted by Gasteiger charge is 1.97. The molecule has 1 nitrogen and oxygen atoms in total. The van der Waals surface area contributed by atoms with E-state index >= 15 is 0 Å². The Kier molecular flexibility index (Phi) is 7.05. The van der Waals surface area contributed by atoms with Gasteiger partial charge in [-0.05, 0) is 30.2 Å². The van der Waals surface area contributed by atoms with E-state index in [1.54, 1.807) is 6.92 Å². The van der Waals surface area contributed by atoms with Crippen LogP contribution in [0.2, 0.25) is 0 Å². The van der Waals surface area contributed by atoms with Crippen molar-refractivity contribution in [1.29, 1.82) is 0 Å². The van der Waals surface area contributed by atoms with Crippen LogP contribution >= 0.6 is 11.6 Å². The van der Waals surface area contributed by atoms with Crippen molar-refractivity contribution in [1.82, 2.24) is 0 Å². The zero-order valence-corrected chi connectivity index (χ0v) is 13.8. The van der Waals surface area contributed by atoms with Crippen LogP contribution in [0.3, 0.4) is 0 Å². The minimum absolute atomic E-state index is 0.310. The van der Waals surface area contributed by atoms with E-state index in [1.807, 2.05) is 42.5 Å². The standard InChI is InChI=1S/C16H15ClO.C4H8/c1-13(17)18-16-11-9-15(10-12-16)8-7-14-5-3-2-4-6-14;1-2-4-3-1/h2-13H,1H3;1-4H2. The summed E-state index contributed by atoms with van der Waals surface area (Å²) in [5, 5.41) is 0. The molecule has 1 unspecified atom stereocenters. The van der Waals surface area contributed by atoms with Gasteiger partial charge in [0.1, 0.15) is 5.75 Å². The summed E-state index contributed by atoms with van der Waals surface area (Å²) in [7, 11) is 0. The third-order valence-corrected chi connectivity index (χ3v) is 3.54. The zero-order valence-electron chi connectivity index (χ0n) is 13.0. The van der Waals surface area contributed by atoms with Gasteiger partial charge in [0, 0.05) is 0 Å². The van der Waals surface area contributed by atoms with E-state index in [9.17, 15) is 0 Å². The van der Waals surface area contributed by atoms with Gasteiger partial charge >= 0.3 is 0 Å². The van der Waals surface area contributed by atoms with E-state index in [0.29, 0.717) is 0 Å². The molecule has 2 heteroatoms. The highest BCUT2D eigenvalue weighted by molar-refractivity contribution is 6.19. The average Bonchev–Trinajstić information content (AvgIpc) is 2.45. The summed E-state index contributed by atoms with van der Waals surface area (Å²) in [4.78, 5) is 0. The monoisotopic (exact) mass is 314 g/mol. The van der Waals surface area contributed by atoms with E-state index in [0.717, 1.165) is 11.3 Å². The Bertz CT molecular complexity index is 550. The highest BCUT2D eigenvalue weighted by Crippen LogP contribution is 2.16. The van der Waals surface area contributed by atoms with Crippen molar-refractivity contribution in [2.24, 2.45) is 0 Å². The number of benzene rings is 2. The fourth-order valence-electron chi connectivity index (χ4n) is 1.85. The van der Waals surface area contributed by atoms with Gasteiger partial charge in [0.25, 0.3) is 0 Å². The molecule has 2 aromatic rings. The lowest BCUT2D eigenvalue weighted by Crippen LogP contribution is -2.01. The van der Waals surface area contributed by atoms with Crippen LogP contribution in [0.1, 0.15) is 43.7 Å². The maximum absolute atomic E-state index is 5.76. The maximum atomic E-state index is 5.76. The summed E-state index contributed by atoms with van der Waals surface area (Å²) in [6.45, 7) is 1.80. The zero-order chi connectivity index (χ0) is 15.6. The van der Waals surface area contributed by atoms with Crippen LogP contribution in [0, 0.1) is 0 Å². The van der Waals surface area contributed by atoms with Gasteiger partial charge in [0.05, 0.1) is 0 Å². The Hall–Kier alpha value is -1.73. The number of hydrogen-bond acceptors (Lipinski definition) is 1. The molecule has 1 aliphatic carbocycles. The molecule has 1 fully saturated rings. The summed E-state index contributed by atoms with van der Waals surface area (Å²) in [6, 6.07) is 18.1. The highest BCUT2D eigenvalue weighted by atomic mass is 35.5. The second-order valence-electron chi connectivity index (χ2n) is 5.39. The Morgan fingerprint density at radius 2 is 1.32 bits per heavy atom. The molecule has 22 heavy (non-hydrogen) atoms. The first-order valence-corrected chi connectivity index (χ1v) is 8.31. The van der Waals surface area contributed by atoms with Crippen molar-refractivity contribution in [2.75, 3.05) is 0 Å². The van der Waals surface area contributed by atoms with Crippen molar-refractivity contribution in [3.63, 3.8) is 0 Å². The summed E-state index contributed by atoms with van der Waals surface area (Å²) in [6.07, 6.45) is 10.2. The van der Waals surface area contributed by atoms with Gasteiger partial charge in [-0.15, -0.1) is 0 Å². The molecule has 0 saturated heterocycles. The average molecular weight is 315 g/mol. The van der Waals surface area contributed by atoms with E-state index in [-0.39, 0.29) is 5.56 Å². The lowest BCUT2D eigenvalue weighted by atomic mass is 10.0. The first-order chi connectivity index (χ1) is 10.7. The van der Waals surface area contributed by atoms with Gasteiger partial charge in [0.2, 0.25) is 0 Å². The predicted molar refractivity (Wildman–Crippen MR) is 96.2 cm³/mol. The molecule has 0 spiro atoms. The van der Waals surface area contributed by atoms with Crippen LogP contribution in [-0.2, 0) is 0 Å². The van der Waals surface area contributed by atoms with Gasteiger partial charge < -0.3 is 4.74 Å². The van der Waals surface area contributed by atoms with Crippen LogP contribution in [0.15, 0.2) is 54.6 Å². The van der Waals surface area contributed by atoms with Crippen LogP contribution in [-0.4, -0.2) is 5.56 Å². The van der Waals surface area contributed by atoms with Gasteiger partial charge in [-0.25, -0.2) is 0 Å². The molecule has 0 aromatic heterocycles. The third kappa shape index (κ3) is 6.36. The topological polar surface area (TPSA) is 9.23 Å². The fraction of sp³-hybridized carbons (Fsp3) is 0.300. The Morgan fingerprint density at radius 3 is 1.77 bits per heavy atom. The summed E-state index contributed by atoms with van der Waals surface area (Å²) in [5.74, 6) is 0.786. The van der Waals surface area contributed by atoms with E-state index < -0.39 is 0 Å². The lowest BCUT2D eigenvalue weighted by molar-refractivity contribution is 0.301. The van der Waals surface area contributed by atoms with Gasteiger partial charge in [-0.1, -0.05) is 91.9 Å². The van der Waals surface area contributed by atoms with Gasteiger partial charge in [-0.2, -0.15) is 0 Å². The second-order valence-corrected chi connectivity index (χ2v) is 6.00. The van der Waals surface area contributed by atoms with Crippen molar-refractivity contribution in [2.45, 2.75) is 38.2 Å². The molecule has 1 atom stereocenters. The largest absolute Gasteiger partial charge is 0.475 e. The number of hydrogen-bond donors (Lipinski definition) is 0. The molecule has 3 rings (SSSR count). The summed E-state index contributed by atoms with van der Waals surface area (Å²) >= 11 is 5.76. The first-order valence-electron chi connectivity index (χ1n) is 7.88. The maximum Gasteiger partial charge on any atom is 0.169 e. The van der Waals surface area contributed by atoms with Crippen molar-refractivity contribution in [3.05, 3.63) is 65.7 Å². The van der Waals surface area contributed by atoms with Crippen molar-refractivity contribution < 1.29 is 4.74 Å². The van der Waals surface area contributed by atoms with E-state index in [2.05, 4.69) is 24.3 Å². The molecule has 0 radical (unpaired) electrons. The Morgan fingerprint density at radius 1 is 0.818 bits per heavy atom. The van der Waals surface area contributed by atoms with Crippen LogP contribution in [0.4, 0.5) is 0 Å². The van der Waals surface area contributed by atoms with E-state index in [4.69, 9.17) is 16.3 Å². The number of ether oxygens (including phenoxy) is 1. The van der Waals surface area contributed by atoms with E-state index in [1.165, 1.54) is 31.2 Å². The molecule has 1 saturated carbocycles. The quantitative estimate of drug-likeness (QED) is 0.470. The minimum Gasteiger partial charge on any atom is -0.475 e. The van der Waals surface area contributed by atoms with Crippen molar-refractivity contribution >= 4 is 23.8 Å². The molecule has 116 valence electrons. The SMILES string of the molecule is C1CCC1.CC(Cl)Oc1ccc(C=Cc2ccccc2)cc1. The number of rotatable bonds is 4. The normalized spacial score (nSPS) is 14.6. The number of alkyl halides is 1. The van der Waals surface area contributed by atoms with Crippen LogP contribution < -0.4 is 4.74 Å². The van der Waals surface area contributed by atoms with Crippen LogP contribution in [0.25, 0.3) is 12.2 Å². The van der Waals surface area contributed by atoms with Gasteiger partial charge in [-0.3, -0.25) is 0 Å². The Labute approximate surface area is 138 Å². The molecule has 0 amide bonds. The molecular weight excluding hydrogens is 292 g/mol. The first kappa shape index (κ1) is 16.6. The molecular formula is C20H23ClO. The van der Waals surface area contributed by atoms with Gasteiger partial charge in [0.15, 0.2) is 5.56 Å². The minimum atomic E-state index is -0.310. The smallest absolute Gasteiger partial charge is 0.169 e. The molecule has 0 aliphatic heterocycles. The molecule has 2 aromatic carbocycles. The molecule has 1 aliphatic rings. The molecule has 0 bridgehead atoms. The predicted octanol–water partition coefficient (Wildman–Crippen LogP) is 6.38. The Balaban J connectivity index is 0.000000381. The molecule has 0 heterocycles. The molecule has 0 N–H and O–H groups in total. The second kappa shape index (κ2) is 9.32. The number of halogens is 1. The van der Waals surface area contributed by atoms with Crippen LogP contribution in [0.5, 0.6) is 5.75 Å².